The van der Waals surface area contributed by atoms with Crippen molar-refractivity contribution in [3.8, 4) is 0 Å². The SMILES string of the molecule is O=C(CCl)N1CC(c2cccc(Cl)c2)C1. The van der Waals surface area contributed by atoms with Crippen molar-refractivity contribution in [2.24, 2.45) is 0 Å². The number of rotatable bonds is 2. The van der Waals surface area contributed by atoms with Crippen molar-refractivity contribution in [2.45, 2.75) is 5.92 Å². The third-order valence-electron chi connectivity index (χ3n) is 2.67. The molecule has 2 rings (SSSR count). The molecule has 1 aliphatic heterocycles. The maximum absolute atomic E-state index is 11.2. The predicted molar refractivity (Wildman–Crippen MR) is 61.5 cm³/mol. The van der Waals surface area contributed by atoms with E-state index in [4.69, 9.17) is 23.2 Å². The van der Waals surface area contributed by atoms with E-state index in [-0.39, 0.29) is 11.8 Å². The van der Waals surface area contributed by atoms with Gasteiger partial charge in [-0.15, -0.1) is 11.6 Å². The monoisotopic (exact) mass is 243 g/mol. The molecule has 0 radical (unpaired) electrons. The minimum absolute atomic E-state index is 0.00921. The summed E-state index contributed by atoms with van der Waals surface area (Å²) in [5.74, 6) is 0.494. The highest BCUT2D eigenvalue weighted by atomic mass is 35.5. The van der Waals surface area contributed by atoms with Crippen LogP contribution in [-0.4, -0.2) is 29.8 Å². The average molecular weight is 244 g/mol. The van der Waals surface area contributed by atoms with Crippen molar-refractivity contribution in [2.75, 3.05) is 19.0 Å². The van der Waals surface area contributed by atoms with Crippen LogP contribution in [0.4, 0.5) is 0 Å². The van der Waals surface area contributed by atoms with Crippen molar-refractivity contribution in [1.29, 1.82) is 0 Å². The summed E-state index contributed by atoms with van der Waals surface area (Å²) in [6.45, 7) is 1.51. The van der Waals surface area contributed by atoms with Gasteiger partial charge >= 0.3 is 0 Å². The summed E-state index contributed by atoms with van der Waals surface area (Å²) in [5.41, 5.74) is 1.20. The molecule has 0 N–H and O–H groups in total. The second kappa shape index (κ2) is 4.42. The highest BCUT2D eigenvalue weighted by molar-refractivity contribution is 6.30. The van der Waals surface area contributed by atoms with Crippen LogP contribution in [0.3, 0.4) is 0 Å². The van der Waals surface area contributed by atoms with Crippen LogP contribution in [0, 0.1) is 0 Å². The van der Waals surface area contributed by atoms with Crippen LogP contribution in [0.15, 0.2) is 24.3 Å². The zero-order chi connectivity index (χ0) is 10.8. The van der Waals surface area contributed by atoms with Gasteiger partial charge < -0.3 is 4.90 Å². The van der Waals surface area contributed by atoms with Gasteiger partial charge in [0, 0.05) is 24.0 Å². The van der Waals surface area contributed by atoms with Crippen molar-refractivity contribution < 1.29 is 4.79 Å². The molecule has 0 bridgehead atoms. The molecule has 0 saturated carbocycles. The number of benzene rings is 1. The minimum Gasteiger partial charge on any atom is -0.340 e. The Labute approximate surface area is 98.8 Å². The molecule has 0 spiro atoms. The fraction of sp³-hybridized carbons (Fsp3) is 0.364. The number of hydrogen-bond donors (Lipinski definition) is 0. The van der Waals surface area contributed by atoms with Gasteiger partial charge in [0.2, 0.25) is 5.91 Å². The standard InChI is InChI=1S/C11H11Cl2NO/c12-5-11(15)14-6-9(7-14)8-2-1-3-10(13)4-8/h1-4,9H,5-7H2. The first kappa shape index (κ1) is 10.8. The van der Waals surface area contributed by atoms with Crippen LogP contribution in [0.25, 0.3) is 0 Å². The highest BCUT2D eigenvalue weighted by Gasteiger charge is 2.30. The van der Waals surface area contributed by atoms with Gasteiger partial charge in [0.25, 0.3) is 0 Å². The van der Waals surface area contributed by atoms with Crippen LogP contribution in [-0.2, 0) is 4.79 Å². The van der Waals surface area contributed by atoms with Crippen LogP contribution in [0.1, 0.15) is 11.5 Å². The van der Waals surface area contributed by atoms with E-state index in [0.717, 1.165) is 18.1 Å². The molecule has 0 atom stereocenters. The average Bonchev–Trinajstić information content (AvgIpc) is 2.15. The molecule has 1 amide bonds. The number of halogens is 2. The Morgan fingerprint density at radius 2 is 2.20 bits per heavy atom. The summed E-state index contributed by atoms with van der Waals surface area (Å²) >= 11 is 11.4. The maximum Gasteiger partial charge on any atom is 0.237 e. The third-order valence-corrected chi connectivity index (χ3v) is 3.13. The number of likely N-dealkylation sites (tertiary alicyclic amines) is 1. The second-order valence-electron chi connectivity index (χ2n) is 3.68. The Balaban J connectivity index is 1.97. The first-order valence-corrected chi connectivity index (χ1v) is 5.71. The first-order valence-electron chi connectivity index (χ1n) is 4.80. The van der Waals surface area contributed by atoms with Gasteiger partial charge in [-0.2, -0.15) is 0 Å². The third kappa shape index (κ3) is 2.27. The summed E-state index contributed by atoms with van der Waals surface area (Å²) in [5, 5.41) is 0.745. The van der Waals surface area contributed by atoms with Crippen molar-refractivity contribution in [3.05, 3.63) is 34.9 Å². The largest absolute Gasteiger partial charge is 0.340 e. The van der Waals surface area contributed by atoms with E-state index in [0.29, 0.717) is 5.92 Å². The van der Waals surface area contributed by atoms with Crippen LogP contribution < -0.4 is 0 Å². The normalized spacial score (nSPS) is 16.3. The number of carbonyl (C=O) groups is 1. The van der Waals surface area contributed by atoms with Crippen LogP contribution >= 0.6 is 23.2 Å². The summed E-state index contributed by atoms with van der Waals surface area (Å²) in [6.07, 6.45) is 0. The summed E-state index contributed by atoms with van der Waals surface area (Å²) in [6, 6.07) is 7.78. The number of carbonyl (C=O) groups excluding carboxylic acids is 1. The summed E-state index contributed by atoms with van der Waals surface area (Å²) in [7, 11) is 0. The topological polar surface area (TPSA) is 20.3 Å². The van der Waals surface area contributed by atoms with Gasteiger partial charge in [-0.3, -0.25) is 4.79 Å². The molecular formula is C11H11Cl2NO. The quantitative estimate of drug-likeness (QED) is 0.732. The summed E-state index contributed by atoms with van der Waals surface area (Å²) in [4.78, 5) is 13.0. The van der Waals surface area contributed by atoms with E-state index in [9.17, 15) is 4.79 Å². The highest BCUT2D eigenvalue weighted by Crippen LogP contribution is 2.28. The lowest BCUT2D eigenvalue weighted by molar-refractivity contribution is -0.132. The molecule has 1 aromatic carbocycles. The first-order chi connectivity index (χ1) is 7.20. The molecule has 1 heterocycles. The smallest absolute Gasteiger partial charge is 0.237 e. The lowest BCUT2D eigenvalue weighted by Crippen LogP contribution is -2.49. The van der Waals surface area contributed by atoms with Gasteiger partial charge in [0.05, 0.1) is 0 Å². The van der Waals surface area contributed by atoms with Gasteiger partial charge in [0.1, 0.15) is 5.88 Å². The minimum atomic E-state index is 0.00921. The molecule has 1 fully saturated rings. The Bertz CT molecular complexity index is 375. The Morgan fingerprint density at radius 1 is 1.47 bits per heavy atom. The summed E-state index contributed by atoms with van der Waals surface area (Å²) < 4.78 is 0. The van der Waals surface area contributed by atoms with Crippen LogP contribution in [0.2, 0.25) is 5.02 Å². The number of nitrogens with zero attached hydrogens (tertiary/aromatic N) is 1. The van der Waals surface area contributed by atoms with Crippen molar-refractivity contribution >= 4 is 29.1 Å². The van der Waals surface area contributed by atoms with Gasteiger partial charge in [0.15, 0.2) is 0 Å². The van der Waals surface area contributed by atoms with E-state index < -0.39 is 0 Å². The second-order valence-corrected chi connectivity index (χ2v) is 4.39. The fourth-order valence-electron chi connectivity index (χ4n) is 1.74. The Morgan fingerprint density at radius 3 is 2.80 bits per heavy atom. The number of alkyl halides is 1. The van der Waals surface area contributed by atoms with E-state index in [2.05, 4.69) is 0 Å². The number of hydrogen-bond acceptors (Lipinski definition) is 1. The van der Waals surface area contributed by atoms with Gasteiger partial charge in [-0.05, 0) is 17.7 Å². The number of amides is 1. The predicted octanol–water partition coefficient (Wildman–Crippen LogP) is 2.50. The molecule has 0 aromatic heterocycles. The zero-order valence-corrected chi connectivity index (χ0v) is 9.63. The van der Waals surface area contributed by atoms with E-state index in [1.54, 1.807) is 4.90 Å². The van der Waals surface area contributed by atoms with Crippen molar-refractivity contribution in [1.82, 2.24) is 4.90 Å². The molecule has 80 valence electrons. The molecule has 15 heavy (non-hydrogen) atoms. The van der Waals surface area contributed by atoms with Gasteiger partial charge in [-0.1, -0.05) is 23.7 Å². The molecule has 2 nitrogen and oxygen atoms in total. The Kier molecular flexibility index (Phi) is 3.17. The lowest BCUT2D eigenvalue weighted by Gasteiger charge is -2.39. The molecular weight excluding hydrogens is 233 g/mol. The maximum atomic E-state index is 11.2. The van der Waals surface area contributed by atoms with E-state index in [1.165, 1.54) is 5.56 Å². The van der Waals surface area contributed by atoms with E-state index in [1.807, 2.05) is 24.3 Å². The molecule has 1 aromatic rings. The molecule has 0 aliphatic carbocycles. The lowest BCUT2D eigenvalue weighted by atomic mass is 9.91. The zero-order valence-electron chi connectivity index (χ0n) is 8.12. The van der Waals surface area contributed by atoms with Gasteiger partial charge in [-0.25, -0.2) is 0 Å². The fourth-order valence-corrected chi connectivity index (χ4v) is 2.11. The molecule has 1 saturated heterocycles. The van der Waals surface area contributed by atoms with Crippen LogP contribution in [0.5, 0.6) is 0 Å². The Hall–Kier alpha value is -0.730. The molecule has 1 aliphatic rings. The van der Waals surface area contributed by atoms with Crippen molar-refractivity contribution in [3.63, 3.8) is 0 Å². The molecule has 0 unspecified atom stereocenters. The van der Waals surface area contributed by atoms with E-state index >= 15 is 0 Å². The molecule has 4 heteroatoms.